The summed E-state index contributed by atoms with van der Waals surface area (Å²) in [6.07, 6.45) is 66.0. The largest absolute Gasteiger partial charge is 0.472 e. The number of nitrogens with one attached hydrogen (secondary N) is 1. The molecular weight excluding hydrogens is 852 g/mol. The first-order valence-corrected chi connectivity index (χ1v) is 31.3. The quantitative estimate of drug-likeness (QED) is 0.0271. The van der Waals surface area contributed by atoms with Gasteiger partial charge in [-0.3, -0.25) is 13.8 Å². The smallest absolute Gasteiger partial charge is 0.387 e. The minimum atomic E-state index is -4.34. The number of carbonyl (C=O) groups is 1. The molecule has 0 aromatic heterocycles. The van der Waals surface area contributed by atoms with Crippen LogP contribution in [-0.2, 0) is 18.4 Å². The van der Waals surface area contributed by atoms with Crippen molar-refractivity contribution in [3.63, 3.8) is 0 Å². The number of allylic oxidation sites excluding steroid dienone is 1. The Kier molecular flexibility index (Phi) is 54.0. The molecule has 8 nitrogen and oxygen atoms in total. The highest BCUT2D eigenvalue weighted by molar-refractivity contribution is 7.47. The van der Waals surface area contributed by atoms with E-state index in [0.717, 1.165) is 38.5 Å². The lowest BCUT2D eigenvalue weighted by atomic mass is 10.0. The summed E-state index contributed by atoms with van der Waals surface area (Å²) in [7, 11) is -4.34. The molecule has 0 aromatic carbocycles. The molecule has 3 atom stereocenters. The molecule has 0 saturated heterocycles. The number of aliphatic hydroxyl groups is 1. The lowest BCUT2D eigenvalue weighted by Gasteiger charge is -2.23. The highest BCUT2D eigenvalue weighted by Gasteiger charge is 2.27. The van der Waals surface area contributed by atoms with Crippen LogP contribution in [0.25, 0.3) is 0 Å². The van der Waals surface area contributed by atoms with Crippen LogP contribution in [0.4, 0.5) is 0 Å². The highest BCUT2D eigenvalue weighted by Crippen LogP contribution is 2.43. The topological polar surface area (TPSA) is 131 Å². The number of phosphoric ester groups is 1. The fraction of sp³-hybridized carbons (Fsp3) is 0.948. The van der Waals surface area contributed by atoms with Gasteiger partial charge in [-0.25, -0.2) is 4.57 Å². The van der Waals surface area contributed by atoms with E-state index in [1.54, 1.807) is 6.08 Å². The number of aliphatic hydroxyl groups excluding tert-OH is 1. The van der Waals surface area contributed by atoms with Crippen LogP contribution >= 0.6 is 7.82 Å². The van der Waals surface area contributed by atoms with Crippen molar-refractivity contribution in [2.45, 2.75) is 334 Å². The van der Waals surface area contributed by atoms with Gasteiger partial charge in [0.05, 0.1) is 25.4 Å². The molecule has 67 heavy (non-hydrogen) atoms. The molecule has 1 unspecified atom stereocenters. The third-order valence-corrected chi connectivity index (χ3v) is 14.8. The van der Waals surface area contributed by atoms with Crippen LogP contribution in [0, 0.1) is 0 Å². The molecule has 0 aliphatic heterocycles. The van der Waals surface area contributed by atoms with Crippen molar-refractivity contribution in [2.24, 2.45) is 5.73 Å². The van der Waals surface area contributed by atoms with Gasteiger partial charge in [-0.05, 0) is 19.3 Å². The summed E-state index contributed by atoms with van der Waals surface area (Å²) in [4.78, 5) is 22.9. The Hall–Kier alpha value is -0.760. The molecule has 1 amide bonds. The van der Waals surface area contributed by atoms with E-state index in [-0.39, 0.29) is 25.7 Å². The Balaban J connectivity index is 3.87. The minimum absolute atomic E-state index is 0.0818. The second kappa shape index (κ2) is 54.6. The molecule has 0 rings (SSSR count). The van der Waals surface area contributed by atoms with Crippen molar-refractivity contribution in [1.82, 2.24) is 5.32 Å². The zero-order chi connectivity index (χ0) is 48.8. The van der Waals surface area contributed by atoms with Crippen molar-refractivity contribution in [1.29, 1.82) is 0 Å². The predicted octanol–water partition coefficient (Wildman–Crippen LogP) is 18.2. The van der Waals surface area contributed by atoms with E-state index < -0.39 is 20.0 Å². The summed E-state index contributed by atoms with van der Waals surface area (Å²) in [6, 6.07) is -0.856. The fourth-order valence-electron chi connectivity index (χ4n) is 9.37. The Morgan fingerprint density at radius 2 is 0.761 bits per heavy atom. The first-order valence-electron chi connectivity index (χ1n) is 29.8. The molecule has 0 saturated carbocycles. The number of unbranched alkanes of at least 4 members (excludes halogenated alkanes) is 45. The molecule has 0 spiro atoms. The van der Waals surface area contributed by atoms with E-state index >= 15 is 0 Å². The van der Waals surface area contributed by atoms with Crippen LogP contribution < -0.4 is 11.1 Å². The maximum atomic E-state index is 12.9. The zero-order valence-corrected chi connectivity index (χ0v) is 45.8. The van der Waals surface area contributed by atoms with E-state index in [2.05, 4.69) is 19.2 Å². The van der Waals surface area contributed by atoms with E-state index in [4.69, 9.17) is 14.8 Å². The average Bonchev–Trinajstić information content (AvgIpc) is 3.32. The zero-order valence-electron chi connectivity index (χ0n) is 44.9. The number of carbonyl (C=O) groups excluding carboxylic acids is 1. The summed E-state index contributed by atoms with van der Waals surface area (Å²) in [5.74, 6) is -0.186. The minimum Gasteiger partial charge on any atom is -0.387 e. The van der Waals surface area contributed by atoms with Gasteiger partial charge in [0.2, 0.25) is 5.91 Å². The summed E-state index contributed by atoms with van der Waals surface area (Å²) in [5, 5.41) is 13.8. The van der Waals surface area contributed by atoms with Gasteiger partial charge < -0.3 is 21.1 Å². The molecule has 0 bridgehead atoms. The number of nitrogens with two attached hydrogens (primary N) is 1. The highest BCUT2D eigenvalue weighted by atomic mass is 31.2. The average molecular weight is 970 g/mol. The number of amides is 1. The van der Waals surface area contributed by atoms with E-state index in [1.165, 1.54) is 263 Å². The van der Waals surface area contributed by atoms with Gasteiger partial charge in [0, 0.05) is 13.0 Å². The molecule has 0 fully saturated rings. The van der Waals surface area contributed by atoms with E-state index in [0.29, 0.717) is 6.42 Å². The van der Waals surface area contributed by atoms with Crippen molar-refractivity contribution in [2.75, 3.05) is 19.8 Å². The van der Waals surface area contributed by atoms with Gasteiger partial charge in [-0.15, -0.1) is 0 Å². The molecule has 0 heterocycles. The third kappa shape index (κ3) is 52.9. The van der Waals surface area contributed by atoms with Crippen LogP contribution in [0.2, 0.25) is 0 Å². The Morgan fingerprint density at radius 1 is 0.478 bits per heavy atom. The Labute approximate surface area is 417 Å². The van der Waals surface area contributed by atoms with Gasteiger partial charge in [0.25, 0.3) is 0 Å². The second-order valence-electron chi connectivity index (χ2n) is 20.6. The van der Waals surface area contributed by atoms with Crippen LogP contribution in [0.15, 0.2) is 12.2 Å². The van der Waals surface area contributed by atoms with Gasteiger partial charge in [0.1, 0.15) is 0 Å². The first-order chi connectivity index (χ1) is 32.9. The summed E-state index contributed by atoms with van der Waals surface area (Å²) >= 11 is 0. The van der Waals surface area contributed by atoms with Crippen molar-refractivity contribution in [3.05, 3.63) is 12.2 Å². The molecule has 0 aromatic rings. The van der Waals surface area contributed by atoms with E-state index in [9.17, 15) is 19.4 Å². The predicted molar refractivity (Wildman–Crippen MR) is 291 cm³/mol. The first kappa shape index (κ1) is 66.2. The normalized spacial score (nSPS) is 13.7. The lowest BCUT2D eigenvalue weighted by molar-refractivity contribution is -0.123. The summed E-state index contributed by atoms with van der Waals surface area (Å²) in [5.41, 5.74) is 5.41. The second-order valence-corrected chi connectivity index (χ2v) is 22.0. The Morgan fingerprint density at radius 3 is 1.06 bits per heavy atom. The summed E-state index contributed by atoms with van der Waals surface area (Å²) in [6.45, 7) is 4.20. The van der Waals surface area contributed by atoms with Crippen LogP contribution in [0.3, 0.4) is 0 Å². The number of phosphoric acid groups is 1. The van der Waals surface area contributed by atoms with Crippen molar-refractivity contribution in [3.8, 4) is 0 Å². The molecule has 0 aliphatic rings. The monoisotopic (exact) mass is 969 g/mol. The number of hydrogen-bond acceptors (Lipinski definition) is 6. The van der Waals surface area contributed by atoms with Gasteiger partial charge >= 0.3 is 7.82 Å². The van der Waals surface area contributed by atoms with Crippen LogP contribution in [-0.4, -0.2) is 47.8 Å². The fourth-order valence-corrected chi connectivity index (χ4v) is 10.1. The number of hydrogen-bond donors (Lipinski definition) is 4. The maximum Gasteiger partial charge on any atom is 0.472 e. The lowest BCUT2D eigenvalue weighted by Crippen LogP contribution is -2.45. The summed E-state index contributed by atoms with van der Waals surface area (Å²) < 4.78 is 22.3. The van der Waals surface area contributed by atoms with Gasteiger partial charge in [0.15, 0.2) is 0 Å². The van der Waals surface area contributed by atoms with Crippen LogP contribution in [0.5, 0.6) is 0 Å². The maximum absolute atomic E-state index is 12.9. The molecule has 5 N–H and O–H groups in total. The molecule has 9 heteroatoms. The van der Waals surface area contributed by atoms with Crippen molar-refractivity contribution >= 4 is 13.7 Å². The Bertz CT molecular complexity index is 1060. The number of rotatable bonds is 57. The van der Waals surface area contributed by atoms with Gasteiger partial charge in [-0.2, -0.15) is 0 Å². The molecule has 0 aliphatic carbocycles. The van der Waals surface area contributed by atoms with Gasteiger partial charge in [-0.1, -0.05) is 309 Å². The molecule has 400 valence electrons. The third-order valence-electron chi connectivity index (χ3n) is 13.9. The SMILES string of the molecule is CCCCCCCCCCCCCCCCC/C=C/[C@@H](O)[C@H](COP(=O)(O)OCCN)NC(=O)CCCCCCCCCCCCCCCCCCCCCCCCCCCCCCCCC. The standard InChI is InChI=1S/C58H117N2O6P/c1-3-5-7-9-11-13-15-17-19-21-22-23-24-25-26-27-28-29-30-31-32-33-34-36-38-40-42-44-46-48-50-52-58(62)60-56(55-66-67(63,64)65-54-53-59)57(61)51-49-47-45-43-41-39-37-35-20-18-16-14-12-10-8-6-4-2/h49,51,56-57,61H,3-48,50,52-55,59H2,1-2H3,(H,60,62)(H,63,64)/b51-49+/t56-,57+/m0/s1. The molecular formula is C58H117N2O6P. The van der Waals surface area contributed by atoms with Crippen LogP contribution in [0.1, 0.15) is 322 Å². The molecule has 0 radical (unpaired) electrons. The van der Waals surface area contributed by atoms with E-state index in [1.807, 2.05) is 6.08 Å². The van der Waals surface area contributed by atoms with Crippen molar-refractivity contribution < 1.29 is 28.4 Å².